The molecule has 10 nitrogen and oxygen atoms in total. The number of hydrogen-bond donors (Lipinski definition) is 2. The summed E-state index contributed by atoms with van der Waals surface area (Å²) in [6.45, 7) is 0.877. The molecule has 0 amide bonds. The number of benzene rings is 3. The molecule has 0 aliphatic carbocycles. The van der Waals surface area contributed by atoms with Gasteiger partial charge < -0.3 is 18.9 Å². The van der Waals surface area contributed by atoms with E-state index in [1.54, 1.807) is 44.6 Å². The smallest absolute Gasteiger partial charge is 0.344 e. The van der Waals surface area contributed by atoms with Crippen LogP contribution >= 0.6 is 0 Å². The van der Waals surface area contributed by atoms with Crippen molar-refractivity contribution in [3.63, 3.8) is 0 Å². The van der Waals surface area contributed by atoms with E-state index in [2.05, 4.69) is 4.84 Å². The molecular formula is C26H25NO9. The summed E-state index contributed by atoms with van der Waals surface area (Å²) < 4.78 is 21.0. The molecule has 0 spiro atoms. The molecule has 2 N–H and O–H groups in total. The van der Waals surface area contributed by atoms with E-state index in [1.807, 2.05) is 24.3 Å². The minimum atomic E-state index is -0.753. The minimum Gasteiger partial charge on any atom is -0.497 e. The zero-order valence-electron chi connectivity index (χ0n) is 19.8. The van der Waals surface area contributed by atoms with Crippen molar-refractivity contribution >= 4 is 24.1 Å². The van der Waals surface area contributed by atoms with Crippen LogP contribution in [-0.4, -0.2) is 42.0 Å². The molecule has 3 rings (SSSR count). The van der Waals surface area contributed by atoms with Gasteiger partial charge in [0.25, 0.3) is 0 Å². The molecule has 0 unspecified atom stereocenters. The highest BCUT2D eigenvalue weighted by molar-refractivity contribution is 5.93. The Labute approximate surface area is 207 Å². The Morgan fingerprint density at radius 2 is 1.39 bits per heavy atom. The van der Waals surface area contributed by atoms with E-state index in [1.165, 1.54) is 25.1 Å². The first kappa shape index (κ1) is 26.4. The van der Waals surface area contributed by atoms with E-state index in [9.17, 15) is 9.59 Å². The summed E-state index contributed by atoms with van der Waals surface area (Å²) >= 11 is 0. The largest absolute Gasteiger partial charge is 0.497 e. The van der Waals surface area contributed by atoms with Gasteiger partial charge in [-0.3, -0.25) is 15.2 Å². The molecule has 10 heteroatoms. The fraction of sp³-hybridized carbons (Fsp3) is 0.154. The number of methoxy groups -OCH3 is 2. The van der Waals surface area contributed by atoms with Crippen LogP contribution in [0, 0.1) is 0 Å². The Hall–Kier alpha value is -4.22. The molecule has 3 aromatic carbocycles. The predicted molar refractivity (Wildman–Crippen MR) is 128 cm³/mol. The summed E-state index contributed by atoms with van der Waals surface area (Å²) in [5.74, 6) is 0.422. The average molecular weight is 495 g/mol. The Balaban J connectivity index is 1.75. The first-order valence-electron chi connectivity index (χ1n) is 10.6. The summed E-state index contributed by atoms with van der Waals surface area (Å²) in [6.07, 6.45) is 3.78. The molecule has 0 heterocycles. The van der Waals surface area contributed by atoms with Gasteiger partial charge in [0.05, 0.1) is 31.8 Å². The van der Waals surface area contributed by atoms with Crippen LogP contribution < -0.4 is 18.9 Å². The normalized spacial score (nSPS) is 10.9. The summed E-state index contributed by atoms with van der Waals surface area (Å²) in [4.78, 5) is 28.7. The number of carbonyl (C=O) groups excluding carboxylic acids is 2. The van der Waals surface area contributed by atoms with Gasteiger partial charge in [-0.2, -0.15) is 0 Å². The van der Waals surface area contributed by atoms with Crippen LogP contribution in [0.1, 0.15) is 34.0 Å². The third-order valence-electron chi connectivity index (χ3n) is 4.83. The fourth-order valence-electron chi connectivity index (χ4n) is 3.16. The lowest BCUT2D eigenvalue weighted by molar-refractivity contribution is -0.497. The fourth-order valence-corrected chi connectivity index (χ4v) is 3.16. The molecule has 0 atom stereocenters. The van der Waals surface area contributed by atoms with Crippen molar-refractivity contribution in [2.45, 2.75) is 13.5 Å². The van der Waals surface area contributed by atoms with Gasteiger partial charge in [-0.25, -0.2) is 9.63 Å². The van der Waals surface area contributed by atoms with Gasteiger partial charge in [0.1, 0.15) is 23.0 Å². The van der Waals surface area contributed by atoms with Crippen molar-refractivity contribution in [1.29, 1.82) is 0 Å². The zero-order valence-corrected chi connectivity index (χ0v) is 19.8. The average Bonchev–Trinajstić information content (AvgIpc) is 2.86. The molecule has 36 heavy (non-hydrogen) atoms. The number of hydrogen-bond acceptors (Lipinski definition) is 10. The van der Waals surface area contributed by atoms with Gasteiger partial charge >= 0.3 is 11.9 Å². The van der Waals surface area contributed by atoms with Crippen molar-refractivity contribution in [1.82, 2.24) is 5.39 Å². The van der Waals surface area contributed by atoms with Crippen molar-refractivity contribution in [2.75, 3.05) is 14.2 Å². The lowest BCUT2D eigenvalue weighted by Gasteiger charge is -2.12. The number of esters is 2. The van der Waals surface area contributed by atoms with Crippen LogP contribution in [0.3, 0.4) is 0 Å². The first-order chi connectivity index (χ1) is 17.3. The predicted octanol–water partition coefficient (Wildman–Crippen LogP) is 4.53. The molecule has 3 aromatic rings. The van der Waals surface area contributed by atoms with Crippen molar-refractivity contribution in [2.24, 2.45) is 0 Å². The summed E-state index contributed by atoms with van der Waals surface area (Å²) in [5, 5.41) is 17.2. The molecule has 0 fully saturated rings. The summed E-state index contributed by atoms with van der Waals surface area (Å²) in [6, 6.07) is 16.5. The zero-order chi connectivity index (χ0) is 26.1. The maximum absolute atomic E-state index is 12.8. The van der Waals surface area contributed by atoms with Crippen molar-refractivity contribution < 1.29 is 43.8 Å². The minimum absolute atomic E-state index is 0.0199. The Morgan fingerprint density at radius 3 is 1.97 bits per heavy atom. The van der Waals surface area contributed by atoms with Gasteiger partial charge in [0.15, 0.2) is 0 Å². The molecule has 0 saturated heterocycles. The maximum atomic E-state index is 12.8. The first-order valence-corrected chi connectivity index (χ1v) is 10.6. The number of nitrogens with zero attached hydrogens (tertiary/aromatic N) is 1. The monoisotopic (exact) mass is 495 g/mol. The van der Waals surface area contributed by atoms with Gasteiger partial charge in [-0.1, -0.05) is 30.4 Å². The number of ether oxygens (including phenoxy) is 4. The SMILES string of the molecule is COc1cc(/C=C/c2ccc(OC(=O)c3cc(OC(C)=O)ccc3CON(O)O)cc2)cc(OC)c1. The third kappa shape index (κ3) is 7.65. The molecular weight excluding hydrogens is 470 g/mol. The highest BCUT2D eigenvalue weighted by atomic mass is 17.1. The molecule has 0 aliphatic heterocycles. The number of rotatable bonds is 10. The third-order valence-corrected chi connectivity index (χ3v) is 4.83. The van der Waals surface area contributed by atoms with Crippen molar-refractivity contribution in [3.05, 3.63) is 82.9 Å². The second-order valence-electron chi connectivity index (χ2n) is 7.38. The molecule has 0 bridgehead atoms. The number of carbonyl (C=O) groups is 2. The highest BCUT2D eigenvalue weighted by Crippen LogP contribution is 2.25. The van der Waals surface area contributed by atoms with Crippen LogP contribution in [-0.2, 0) is 16.2 Å². The standard InChI is InChI=1S/C26H25NO9/c1-17(28)35-22-11-8-20(16-34-27(30)31)25(15-22)26(29)36-21-9-6-18(7-10-21)4-5-19-12-23(32-2)14-24(13-19)33-3/h4-15,30-31H,16H2,1-3H3/b5-4+. The second-order valence-corrected chi connectivity index (χ2v) is 7.38. The van der Waals surface area contributed by atoms with Crippen LogP contribution in [0.2, 0.25) is 0 Å². The van der Waals surface area contributed by atoms with Gasteiger partial charge in [0.2, 0.25) is 0 Å². The van der Waals surface area contributed by atoms with Gasteiger partial charge in [-0.05, 0) is 53.1 Å². The van der Waals surface area contributed by atoms with E-state index in [-0.39, 0.29) is 29.2 Å². The van der Waals surface area contributed by atoms with Gasteiger partial charge in [0, 0.05) is 13.0 Å². The quantitative estimate of drug-likeness (QED) is 0.179. The van der Waals surface area contributed by atoms with Crippen LogP contribution in [0.5, 0.6) is 23.0 Å². The highest BCUT2D eigenvalue weighted by Gasteiger charge is 2.17. The van der Waals surface area contributed by atoms with E-state index in [0.717, 1.165) is 11.1 Å². The Morgan fingerprint density at radius 1 is 0.778 bits per heavy atom. The van der Waals surface area contributed by atoms with E-state index in [0.29, 0.717) is 11.5 Å². The Bertz CT molecular complexity index is 1210. The molecule has 0 saturated carbocycles. The molecule has 0 aromatic heterocycles. The molecule has 0 radical (unpaired) electrons. The molecule has 0 aliphatic rings. The Kier molecular flexibility index (Phi) is 9.14. The van der Waals surface area contributed by atoms with Gasteiger partial charge in [-0.15, -0.1) is 0 Å². The van der Waals surface area contributed by atoms with Crippen LogP contribution in [0.4, 0.5) is 0 Å². The summed E-state index contributed by atoms with van der Waals surface area (Å²) in [5.41, 5.74) is 2.03. The topological polar surface area (TPSA) is 124 Å². The van der Waals surface area contributed by atoms with Crippen LogP contribution in [0.15, 0.2) is 60.7 Å². The van der Waals surface area contributed by atoms with E-state index in [4.69, 9.17) is 29.4 Å². The maximum Gasteiger partial charge on any atom is 0.344 e. The molecule has 188 valence electrons. The van der Waals surface area contributed by atoms with E-state index >= 15 is 0 Å². The lowest BCUT2D eigenvalue weighted by Crippen LogP contribution is -2.17. The second kappa shape index (κ2) is 12.5. The lowest BCUT2D eigenvalue weighted by atomic mass is 10.1. The van der Waals surface area contributed by atoms with E-state index < -0.39 is 17.3 Å². The van der Waals surface area contributed by atoms with Crippen LogP contribution in [0.25, 0.3) is 12.2 Å². The summed E-state index contributed by atoms with van der Waals surface area (Å²) in [7, 11) is 3.16. The van der Waals surface area contributed by atoms with Crippen molar-refractivity contribution in [3.8, 4) is 23.0 Å².